The van der Waals surface area contributed by atoms with Crippen LogP contribution in [0.25, 0.3) is 0 Å². The van der Waals surface area contributed by atoms with Crippen LogP contribution < -0.4 is 5.32 Å². The monoisotopic (exact) mass is 271 g/mol. The smallest absolute Gasteiger partial charge is 0.408 e. The first-order chi connectivity index (χ1) is 8.78. The van der Waals surface area contributed by atoms with Crippen molar-refractivity contribution in [2.75, 3.05) is 0 Å². The first kappa shape index (κ1) is 15.8. The number of ether oxygens (including phenoxy) is 2. The predicted molar refractivity (Wildman–Crippen MR) is 71.8 cm³/mol. The molecule has 0 bridgehead atoms. The summed E-state index contributed by atoms with van der Waals surface area (Å²) in [6.45, 7) is 7.25. The van der Waals surface area contributed by atoms with Crippen molar-refractivity contribution < 1.29 is 19.1 Å². The Kier molecular flexibility index (Phi) is 5.63. The van der Waals surface area contributed by atoms with Crippen LogP contribution >= 0.6 is 0 Å². The predicted octanol–water partition coefficient (Wildman–Crippen LogP) is 2.78. The van der Waals surface area contributed by atoms with E-state index in [1.807, 2.05) is 6.92 Å². The Bertz CT molecular complexity index is 322. The Morgan fingerprint density at radius 2 is 1.89 bits per heavy atom. The summed E-state index contributed by atoms with van der Waals surface area (Å²) in [5, 5.41) is 2.61. The molecule has 0 spiro atoms. The Morgan fingerprint density at radius 1 is 1.26 bits per heavy atom. The SMILES string of the molecule is C[C@H]1CCCCC[C@H](NC(=O)OC(C)(C)C)C(=O)O1. The molecule has 1 fully saturated rings. The minimum absolute atomic E-state index is 0.0893. The van der Waals surface area contributed by atoms with E-state index in [4.69, 9.17) is 9.47 Å². The third-order valence-corrected chi connectivity index (χ3v) is 2.90. The zero-order valence-corrected chi connectivity index (χ0v) is 12.3. The number of hydrogen-bond acceptors (Lipinski definition) is 4. The Balaban J connectivity index is 2.57. The molecule has 1 aliphatic rings. The minimum Gasteiger partial charge on any atom is -0.461 e. The fourth-order valence-electron chi connectivity index (χ4n) is 2.00. The van der Waals surface area contributed by atoms with E-state index in [2.05, 4.69) is 5.32 Å². The van der Waals surface area contributed by atoms with Crippen LogP contribution in [0.5, 0.6) is 0 Å². The van der Waals surface area contributed by atoms with E-state index < -0.39 is 17.7 Å². The summed E-state index contributed by atoms with van der Waals surface area (Å²) in [5.74, 6) is -0.361. The zero-order valence-electron chi connectivity index (χ0n) is 12.3. The summed E-state index contributed by atoms with van der Waals surface area (Å²) in [6.07, 6.45) is 3.83. The van der Waals surface area contributed by atoms with Gasteiger partial charge in [-0.3, -0.25) is 0 Å². The molecule has 1 N–H and O–H groups in total. The number of esters is 1. The van der Waals surface area contributed by atoms with Crippen LogP contribution in [0.3, 0.4) is 0 Å². The maximum atomic E-state index is 11.9. The van der Waals surface area contributed by atoms with Crippen molar-refractivity contribution in [2.45, 2.75) is 77.5 Å². The van der Waals surface area contributed by atoms with Gasteiger partial charge < -0.3 is 14.8 Å². The average molecular weight is 271 g/mol. The molecule has 0 aliphatic carbocycles. The number of cyclic esters (lactones) is 1. The second-order valence-corrected chi connectivity index (χ2v) is 6.08. The van der Waals surface area contributed by atoms with Crippen LogP contribution in [-0.2, 0) is 14.3 Å². The van der Waals surface area contributed by atoms with Gasteiger partial charge in [-0.2, -0.15) is 0 Å². The fourth-order valence-corrected chi connectivity index (χ4v) is 2.00. The highest BCUT2D eigenvalue weighted by atomic mass is 16.6. The molecule has 0 aromatic heterocycles. The molecule has 0 aromatic carbocycles. The van der Waals surface area contributed by atoms with Gasteiger partial charge in [0.15, 0.2) is 0 Å². The number of carbonyl (C=O) groups is 2. The lowest BCUT2D eigenvalue weighted by Crippen LogP contribution is -2.44. The first-order valence-corrected chi connectivity index (χ1v) is 6.98. The molecule has 1 saturated heterocycles. The summed E-state index contributed by atoms with van der Waals surface area (Å²) in [5.41, 5.74) is -0.570. The standard InChI is InChI=1S/C14H25NO4/c1-10-8-6-5-7-9-11(12(16)18-10)15-13(17)19-14(2,3)4/h10-11H,5-9H2,1-4H3,(H,15,17)/t10-,11-/m0/s1. The molecular formula is C14H25NO4. The van der Waals surface area contributed by atoms with Crippen molar-refractivity contribution >= 4 is 12.1 Å². The molecule has 2 atom stereocenters. The largest absolute Gasteiger partial charge is 0.461 e. The van der Waals surface area contributed by atoms with Gasteiger partial charge in [0, 0.05) is 0 Å². The van der Waals surface area contributed by atoms with E-state index in [0.29, 0.717) is 6.42 Å². The summed E-state index contributed by atoms with van der Waals surface area (Å²) in [4.78, 5) is 23.6. The van der Waals surface area contributed by atoms with Gasteiger partial charge in [0.1, 0.15) is 11.6 Å². The third kappa shape index (κ3) is 6.45. The Labute approximate surface area is 115 Å². The molecule has 5 nitrogen and oxygen atoms in total. The van der Waals surface area contributed by atoms with Crippen LogP contribution in [0.1, 0.15) is 59.8 Å². The lowest BCUT2D eigenvalue weighted by molar-refractivity contribution is -0.151. The highest BCUT2D eigenvalue weighted by molar-refractivity contribution is 5.81. The molecule has 1 aliphatic heterocycles. The summed E-state index contributed by atoms with van der Waals surface area (Å²) in [7, 11) is 0. The van der Waals surface area contributed by atoms with Crippen LogP contribution in [0.15, 0.2) is 0 Å². The molecule has 0 saturated carbocycles. The van der Waals surface area contributed by atoms with Gasteiger partial charge in [-0.1, -0.05) is 12.8 Å². The zero-order chi connectivity index (χ0) is 14.5. The normalized spacial score (nSPS) is 25.6. The topological polar surface area (TPSA) is 64.6 Å². The molecule has 0 aromatic rings. The van der Waals surface area contributed by atoms with Crippen LogP contribution in [0, 0.1) is 0 Å². The van der Waals surface area contributed by atoms with Crippen molar-refractivity contribution in [3.63, 3.8) is 0 Å². The van der Waals surface area contributed by atoms with Crippen LogP contribution in [0.2, 0.25) is 0 Å². The quantitative estimate of drug-likeness (QED) is 0.745. The van der Waals surface area contributed by atoms with E-state index in [-0.39, 0.29) is 12.1 Å². The Morgan fingerprint density at radius 3 is 2.53 bits per heavy atom. The second kappa shape index (κ2) is 6.78. The lowest BCUT2D eigenvalue weighted by atomic mass is 10.1. The van der Waals surface area contributed by atoms with Crippen LogP contribution in [0.4, 0.5) is 4.79 Å². The summed E-state index contributed by atoms with van der Waals surface area (Å²) < 4.78 is 10.5. The highest BCUT2D eigenvalue weighted by Gasteiger charge is 2.27. The van der Waals surface area contributed by atoms with Crippen molar-refractivity contribution in [3.8, 4) is 0 Å². The minimum atomic E-state index is -0.601. The van der Waals surface area contributed by atoms with Gasteiger partial charge in [0.2, 0.25) is 0 Å². The molecule has 5 heteroatoms. The maximum Gasteiger partial charge on any atom is 0.408 e. The first-order valence-electron chi connectivity index (χ1n) is 6.98. The van der Waals surface area contributed by atoms with Gasteiger partial charge in [0.25, 0.3) is 0 Å². The van der Waals surface area contributed by atoms with Gasteiger partial charge >= 0.3 is 12.1 Å². The molecule has 110 valence electrons. The average Bonchev–Trinajstić information content (AvgIpc) is 2.29. The molecule has 0 unspecified atom stereocenters. The van der Waals surface area contributed by atoms with Crippen LogP contribution in [-0.4, -0.2) is 29.8 Å². The molecule has 1 amide bonds. The van der Waals surface area contributed by atoms with Crippen molar-refractivity contribution in [1.29, 1.82) is 0 Å². The van der Waals surface area contributed by atoms with Gasteiger partial charge in [0.05, 0.1) is 6.10 Å². The number of carbonyl (C=O) groups excluding carboxylic acids is 2. The summed E-state index contributed by atoms with van der Waals surface area (Å²) in [6, 6.07) is -0.601. The number of nitrogens with one attached hydrogen (secondary N) is 1. The molecule has 1 heterocycles. The van der Waals surface area contributed by atoms with Crippen molar-refractivity contribution in [3.05, 3.63) is 0 Å². The maximum absolute atomic E-state index is 11.9. The summed E-state index contributed by atoms with van der Waals surface area (Å²) >= 11 is 0. The molecule has 1 rings (SSSR count). The second-order valence-electron chi connectivity index (χ2n) is 6.08. The number of hydrogen-bond donors (Lipinski definition) is 1. The van der Waals surface area contributed by atoms with Gasteiger partial charge in [-0.15, -0.1) is 0 Å². The highest BCUT2D eigenvalue weighted by Crippen LogP contribution is 2.15. The van der Waals surface area contributed by atoms with E-state index in [1.54, 1.807) is 20.8 Å². The van der Waals surface area contributed by atoms with E-state index in [1.165, 1.54) is 0 Å². The van der Waals surface area contributed by atoms with E-state index in [0.717, 1.165) is 25.7 Å². The van der Waals surface area contributed by atoms with E-state index in [9.17, 15) is 9.59 Å². The third-order valence-electron chi connectivity index (χ3n) is 2.90. The van der Waals surface area contributed by atoms with Gasteiger partial charge in [-0.25, -0.2) is 9.59 Å². The Hall–Kier alpha value is -1.26. The van der Waals surface area contributed by atoms with E-state index >= 15 is 0 Å². The molecule has 19 heavy (non-hydrogen) atoms. The van der Waals surface area contributed by atoms with Crippen molar-refractivity contribution in [1.82, 2.24) is 5.32 Å². The number of amides is 1. The van der Waals surface area contributed by atoms with Gasteiger partial charge in [-0.05, 0) is 47.0 Å². The fraction of sp³-hybridized carbons (Fsp3) is 0.857. The molecular weight excluding hydrogens is 246 g/mol. The number of alkyl carbamates (subject to hydrolysis) is 1. The lowest BCUT2D eigenvalue weighted by Gasteiger charge is -2.23. The molecule has 0 radical (unpaired) electrons. The van der Waals surface area contributed by atoms with Crippen molar-refractivity contribution in [2.24, 2.45) is 0 Å². The number of rotatable bonds is 1.